The van der Waals surface area contributed by atoms with E-state index >= 15 is 0 Å². The van der Waals surface area contributed by atoms with Crippen molar-refractivity contribution >= 4 is 22.6 Å². The Bertz CT molecular complexity index is 661. The molecule has 0 N–H and O–H groups in total. The molecule has 0 aliphatic rings. The number of carbonyl (C=O) groups is 1. The Morgan fingerprint density at radius 3 is 2.89 bits per heavy atom. The summed E-state index contributed by atoms with van der Waals surface area (Å²) in [6, 6.07) is 9.61. The molecule has 0 aliphatic carbocycles. The van der Waals surface area contributed by atoms with Gasteiger partial charge in [-0.25, -0.2) is 0 Å². The quantitative estimate of drug-likeness (QED) is 0.781. The number of carbonyl (C=O) groups excluding carboxylic acids is 1. The third-order valence-electron chi connectivity index (χ3n) is 2.84. The molecule has 0 saturated heterocycles. The second kappa shape index (κ2) is 5.36. The monoisotopic (exact) mass is 255 g/mol. The first-order valence-electron chi connectivity index (χ1n) is 5.73. The summed E-state index contributed by atoms with van der Waals surface area (Å²) < 4.78 is 4.65. The molecule has 1 aromatic carbocycles. The lowest BCUT2D eigenvalue weighted by molar-refractivity contribution is -0.138. The van der Waals surface area contributed by atoms with E-state index in [1.165, 1.54) is 13.3 Å². The Hall–Kier alpha value is -2.61. The maximum Gasteiger partial charge on any atom is 0.325 e. The number of methoxy groups -OCH3 is 1. The van der Waals surface area contributed by atoms with Crippen molar-refractivity contribution in [3.05, 3.63) is 36.0 Å². The molecule has 0 aliphatic heterocycles. The van der Waals surface area contributed by atoms with Crippen LogP contribution in [0.4, 0.5) is 5.69 Å². The second-order valence-electron chi connectivity index (χ2n) is 4.08. The van der Waals surface area contributed by atoms with Gasteiger partial charge in [-0.15, -0.1) is 0 Å². The van der Waals surface area contributed by atoms with E-state index in [1.54, 1.807) is 11.9 Å². The van der Waals surface area contributed by atoms with Crippen molar-refractivity contribution in [2.45, 2.75) is 0 Å². The summed E-state index contributed by atoms with van der Waals surface area (Å²) in [6.45, 7) is 0.0825. The molecular weight excluding hydrogens is 242 g/mol. The number of nitrogens with zero attached hydrogens (tertiary/aromatic N) is 3. The van der Waals surface area contributed by atoms with E-state index in [4.69, 9.17) is 0 Å². The van der Waals surface area contributed by atoms with Gasteiger partial charge in [0.1, 0.15) is 12.6 Å². The van der Waals surface area contributed by atoms with Crippen LogP contribution in [0.3, 0.4) is 0 Å². The molecule has 0 atom stereocenters. The van der Waals surface area contributed by atoms with Crippen LogP contribution in [0.15, 0.2) is 30.5 Å². The van der Waals surface area contributed by atoms with E-state index < -0.39 is 0 Å². The predicted octanol–water partition coefficient (Wildman–Crippen LogP) is 1.72. The number of ether oxygens (including phenoxy) is 1. The number of aromatic nitrogens is 1. The third-order valence-corrected chi connectivity index (χ3v) is 2.84. The van der Waals surface area contributed by atoms with Gasteiger partial charge in [-0.05, 0) is 6.07 Å². The highest BCUT2D eigenvalue weighted by atomic mass is 16.5. The maximum atomic E-state index is 11.4. The second-order valence-corrected chi connectivity index (χ2v) is 4.08. The number of anilines is 1. The lowest BCUT2D eigenvalue weighted by Gasteiger charge is -2.20. The molecule has 0 radical (unpaired) electrons. The van der Waals surface area contributed by atoms with Gasteiger partial charge in [0, 0.05) is 18.6 Å². The zero-order chi connectivity index (χ0) is 13.8. The van der Waals surface area contributed by atoms with Crippen molar-refractivity contribution in [1.82, 2.24) is 4.98 Å². The molecule has 1 aromatic heterocycles. The SMILES string of the molecule is COC(=O)CN(C)c1c(C#N)cnc2ccccc12. The van der Waals surface area contributed by atoms with Gasteiger partial charge in [-0.2, -0.15) is 5.26 Å². The third kappa shape index (κ3) is 2.47. The van der Waals surface area contributed by atoms with E-state index in [2.05, 4.69) is 15.8 Å². The number of hydrogen-bond acceptors (Lipinski definition) is 5. The molecule has 2 rings (SSSR count). The Morgan fingerprint density at radius 1 is 1.47 bits per heavy atom. The Kier molecular flexibility index (Phi) is 3.62. The lowest BCUT2D eigenvalue weighted by atomic mass is 10.1. The first kappa shape index (κ1) is 12.8. The molecule has 0 unspecified atom stereocenters. The largest absolute Gasteiger partial charge is 0.468 e. The molecular formula is C14H13N3O2. The van der Waals surface area contributed by atoms with Crippen molar-refractivity contribution in [1.29, 1.82) is 5.26 Å². The highest BCUT2D eigenvalue weighted by molar-refractivity contribution is 5.95. The number of nitriles is 1. The molecule has 0 fully saturated rings. The summed E-state index contributed by atoms with van der Waals surface area (Å²) >= 11 is 0. The summed E-state index contributed by atoms with van der Waals surface area (Å²) in [5, 5.41) is 10.0. The van der Waals surface area contributed by atoms with Crippen molar-refractivity contribution < 1.29 is 9.53 Å². The van der Waals surface area contributed by atoms with Crippen LogP contribution in [0.5, 0.6) is 0 Å². The minimum atomic E-state index is -0.354. The van der Waals surface area contributed by atoms with Crippen LogP contribution in [0.25, 0.3) is 10.9 Å². The van der Waals surface area contributed by atoms with E-state index in [9.17, 15) is 10.1 Å². The van der Waals surface area contributed by atoms with Crippen molar-refractivity contribution in [3.63, 3.8) is 0 Å². The average molecular weight is 255 g/mol. The predicted molar refractivity (Wildman–Crippen MR) is 71.7 cm³/mol. The van der Waals surface area contributed by atoms with Gasteiger partial charge in [0.15, 0.2) is 0 Å². The number of para-hydroxylation sites is 1. The summed E-state index contributed by atoms with van der Waals surface area (Å²) in [6.07, 6.45) is 1.52. The highest BCUT2D eigenvalue weighted by Gasteiger charge is 2.15. The van der Waals surface area contributed by atoms with E-state index in [0.29, 0.717) is 11.3 Å². The molecule has 0 saturated carbocycles. The zero-order valence-corrected chi connectivity index (χ0v) is 10.8. The van der Waals surface area contributed by atoms with Crippen LogP contribution >= 0.6 is 0 Å². The lowest BCUT2D eigenvalue weighted by Crippen LogP contribution is -2.27. The smallest absolute Gasteiger partial charge is 0.325 e. The Morgan fingerprint density at radius 2 is 2.21 bits per heavy atom. The fourth-order valence-electron chi connectivity index (χ4n) is 1.96. The van der Waals surface area contributed by atoms with Crippen LogP contribution < -0.4 is 4.90 Å². The van der Waals surface area contributed by atoms with Crippen molar-refractivity contribution in [2.75, 3.05) is 25.6 Å². The number of pyridine rings is 1. The van der Waals surface area contributed by atoms with Gasteiger partial charge >= 0.3 is 5.97 Å². The molecule has 5 nitrogen and oxygen atoms in total. The number of rotatable bonds is 3. The normalized spacial score (nSPS) is 9.95. The van der Waals surface area contributed by atoms with Gasteiger partial charge in [-0.3, -0.25) is 9.78 Å². The summed E-state index contributed by atoms with van der Waals surface area (Å²) in [5.41, 5.74) is 1.91. The van der Waals surface area contributed by atoms with E-state index in [1.807, 2.05) is 24.3 Å². The van der Waals surface area contributed by atoms with Crippen molar-refractivity contribution in [3.8, 4) is 6.07 Å². The summed E-state index contributed by atoms with van der Waals surface area (Å²) in [4.78, 5) is 17.3. The molecule has 1 heterocycles. The molecule has 0 bridgehead atoms. The number of esters is 1. The fraction of sp³-hybridized carbons (Fsp3) is 0.214. The topological polar surface area (TPSA) is 66.2 Å². The number of benzene rings is 1. The van der Waals surface area contributed by atoms with Gasteiger partial charge in [0.25, 0.3) is 0 Å². The highest BCUT2D eigenvalue weighted by Crippen LogP contribution is 2.28. The van der Waals surface area contributed by atoms with Gasteiger partial charge < -0.3 is 9.64 Å². The summed E-state index contributed by atoms with van der Waals surface area (Å²) in [7, 11) is 3.09. The van der Waals surface area contributed by atoms with Crippen LogP contribution in [0.1, 0.15) is 5.56 Å². The minimum absolute atomic E-state index is 0.0825. The Labute approximate surface area is 111 Å². The minimum Gasteiger partial charge on any atom is -0.468 e. The molecule has 2 aromatic rings. The fourth-order valence-corrected chi connectivity index (χ4v) is 1.96. The van der Waals surface area contributed by atoms with Crippen LogP contribution in [0, 0.1) is 11.3 Å². The first-order chi connectivity index (χ1) is 9.17. The van der Waals surface area contributed by atoms with E-state index in [-0.39, 0.29) is 12.5 Å². The average Bonchev–Trinajstić information content (AvgIpc) is 2.45. The Balaban J connectivity index is 2.56. The molecule has 5 heteroatoms. The van der Waals surface area contributed by atoms with Gasteiger partial charge in [0.2, 0.25) is 0 Å². The maximum absolute atomic E-state index is 11.4. The number of hydrogen-bond donors (Lipinski definition) is 0. The summed E-state index contributed by atoms with van der Waals surface area (Å²) in [5.74, 6) is -0.354. The first-order valence-corrected chi connectivity index (χ1v) is 5.73. The molecule has 19 heavy (non-hydrogen) atoms. The van der Waals surface area contributed by atoms with Crippen LogP contribution in [0.2, 0.25) is 0 Å². The van der Waals surface area contributed by atoms with Crippen molar-refractivity contribution in [2.24, 2.45) is 0 Å². The number of likely N-dealkylation sites (N-methyl/N-ethyl adjacent to an activating group) is 1. The molecule has 0 amide bonds. The zero-order valence-electron chi connectivity index (χ0n) is 10.8. The van der Waals surface area contributed by atoms with Gasteiger partial charge in [-0.1, -0.05) is 18.2 Å². The van der Waals surface area contributed by atoms with Crippen LogP contribution in [-0.4, -0.2) is 31.7 Å². The van der Waals surface area contributed by atoms with E-state index in [0.717, 1.165) is 10.9 Å². The molecule has 96 valence electrons. The van der Waals surface area contributed by atoms with Gasteiger partial charge in [0.05, 0.1) is 23.9 Å². The number of fused-ring (bicyclic) bond motifs is 1. The van der Waals surface area contributed by atoms with Crippen LogP contribution in [-0.2, 0) is 9.53 Å². The molecule has 0 spiro atoms. The standard InChI is InChI=1S/C14H13N3O2/c1-17(9-13(18)19-2)14-10(7-15)8-16-12-6-4-3-5-11(12)14/h3-6,8H,9H2,1-2H3.